The number of aromatic nitrogens is 4. The van der Waals surface area contributed by atoms with Gasteiger partial charge < -0.3 is 10.1 Å². The van der Waals surface area contributed by atoms with E-state index >= 15 is 0 Å². The van der Waals surface area contributed by atoms with Gasteiger partial charge in [0.15, 0.2) is 5.65 Å². The summed E-state index contributed by atoms with van der Waals surface area (Å²) < 4.78 is 6.75. The first-order chi connectivity index (χ1) is 13.6. The van der Waals surface area contributed by atoms with E-state index < -0.39 is 0 Å². The predicted molar refractivity (Wildman–Crippen MR) is 107 cm³/mol. The molecule has 0 aliphatic rings. The third-order valence-corrected chi connectivity index (χ3v) is 4.49. The Labute approximate surface area is 162 Å². The highest BCUT2D eigenvalue weighted by Gasteiger charge is 2.19. The quantitative estimate of drug-likeness (QED) is 0.591. The summed E-state index contributed by atoms with van der Waals surface area (Å²) in [7, 11) is 3.37. The van der Waals surface area contributed by atoms with Crippen LogP contribution < -0.4 is 10.1 Å². The van der Waals surface area contributed by atoms with Crippen LogP contribution in [0.1, 0.15) is 16.1 Å². The van der Waals surface area contributed by atoms with Crippen LogP contribution in [0.4, 0.5) is 5.69 Å². The molecule has 7 heteroatoms. The number of nitrogens with one attached hydrogen (secondary N) is 1. The van der Waals surface area contributed by atoms with E-state index in [1.165, 1.54) is 0 Å². The van der Waals surface area contributed by atoms with E-state index in [1.807, 2.05) is 44.3 Å². The number of anilines is 1. The van der Waals surface area contributed by atoms with Crippen LogP contribution in [0, 0.1) is 6.92 Å². The van der Waals surface area contributed by atoms with Gasteiger partial charge >= 0.3 is 0 Å². The first-order valence-electron chi connectivity index (χ1n) is 8.78. The van der Waals surface area contributed by atoms with Crippen molar-refractivity contribution in [2.45, 2.75) is 6.92 Å². The van der Waals surface area contributed by atoms with Crippen LogP contribution in [0.5, 0.6) is 5.88 Å². The summed E-state index contributed by atoms with van der Waals surface area (Å²) in [4.78, 5) is 22.0. The summed E-state index contributed by atoms with van der Waals surface area (Å²) >= 11 is 0. The fourth-order valence-electron chi connectivity index (χ4n) is 3.15. The molecule has 3 heterocycles. The number of rotatable bonds is 4. The average molecular weight is 373 g/mol. The Kier molecular flexibility index (Phi) is 4.49. The number of benzene rings is 1. The molecule has 140 valence electrons. The number of carbonyl (C=O) groups is 1. The molecule has 0 fully saturated rings. The number of hydrogen-bond acceptors (Lipinski definition) is 5. The molecule has 28 heavy (non-hydrogen) atoms. The van der Waals surface area contributed by atoms with Crippen molar-refractivity contribution in [2.24, 2.45) is 7.05 Å². The van der Waals surface area contributed by atoms with Crippen molar-refractivity contribution in [2.75, 3.05) is 12.4 Å². The number of methoxy groups -OCH3 is 1. The predicted octanol–water partition coefficient (Wildman–Crippen LogP) is 3.60. The number of hydrogen-bond donors (Lipinski definition) is 1. The summed E-state index contributed by atoms with van der Waals surface area (Å²) in [5.41, 5.74) is 4.17. The molecule has 1 amide bonds. The minimum Gasteiger partial charge on any atom is -0.481 e. The van der Waals surface area contributed by atoms with E-state index in [-0.39, 0.29) is 5.91 Å². The number of aryl methyl sites for hydroxylation is 2. The van der Waals surface area contributed by atoms with E-state index in [2.05, 4.69) is 15.4 Å². The first-order valence-corrected chi connectivity index (χ1v) is 8.78. The second-order valence-electron chi connectivity index (χ2n) is 6.37. The molecule has 4 rings (SSSR count). The molecule has 0 aliphatic heterocycles. The van der Waals surface area contributed by atoms with Gasteiger partial charge in [-0.2, -0.15) is 5.10 Å². The number of pyridine rings is 2. The zero-order valence-electron chi connectivity index (χ0n) is 15.8. The van der Waals surface area contributed by atoms with Crippen LogP contribution in [-0.2, 0) is 7.05 Å². The van der Waals surface area contributed by atoms with E-state index in [9.17, 15) is 4.79 Å². The molecule has 4 aromatic rings. The number of carbonyl (C=O) groups excluding carboxylic acids is 1. The molecule has 0 radical (unpaired) electrons. The standard InChI is InChI=1S/C21H19N5O2/c1-13-19-16(21(27)23-15-9-10-18(28-3)22-12-15)11-17(14-7-5-4-6-8-14)24-20(19)26(2)25-13/h4-12H,1-3H3,(H,23,27). The largest absolute Gasteiger partial charge is 0.481 e. The maximum Gasteiger partial charge on any atom is 0.256 e. The molecule has 3 aromatic heterocycles. The first kappa shape index (κ1) is 17.7. The highest BCUT2D eigenvalue weighted by molar-refractivity contribution is 6.13. The lowest BCUT2D eigenvalue weighted by atomic mass is 10.0. The molecular weight excluding hydrogens is 354 g/mol. The van der Waals surface area contributed by atoms with Crippen LogP contribution in [0.3, 0.4) is 0 Å². The Hall–Kier alpha value is -3.74. The third kappa shape index (κ3) is 3.18. The normalized spacial score (nSPS) is 10.8. The number of amides is 1. The second-order valence-corrected chi connectivity index (χ2v) is 6.37. The zero-order valence-corrected chi connectivity index (χ0v) is 15.8. The minimum atomic E-state index is -0.243. The highest BCUT2D eigenvalue weighted by atomic mass is 16.5. The van der Waals surface area contributed by atoms with E-state index in [4.69, 9.17) is 9.72 Å². The van der Waals surface area contributed by atoms with Crippen LogP contribution in [0.15, 0.2) is 54.7 Å². The van der Waals surface area contributed by atoms with E-state index in [0.29, 0.717) is 28.5 Å². The zero-order chi connectivity index (χ0) is 19.7. The van der Waals surface area contributed by atoms with Gasteiger partial charge in [-0.3, -0.25) is 9.48 Å². The SMILES string of the molecule is COc1ccc(NC(=O)c2cc(-c3ccccc3)nc3c2c(C)nn3C)cn1. The van der Waals surface area contributed by atoms with Crippen molar-refractivity contribution in [1.29, 1.82) is 0 Å². The van der Waals surface area contributed by atoms with Gasteiger partial charge in [0, 0.05) is 18.7 Å². The van der Waals surface area contributed by atoms with Gasteiger partial charge in [-0.15, -0.1) is 0 Å². The number of ether oxygens (including phenoxy) is 1. The fourth-order valence-corrected chi connectivity index (χ4v) is 3.15. The molecule has 0 bridgehead atoms. The Morgan fingerprint density at radius 1 is 1.14 bits per heavy atom. The minimum absolute atomic E-state index is 0.243. The number of fused-ring (bicyclic) bond motifs is 1. The van der Waals surface area contributed by atoms with Crippen molar-refractivity contribution in [3.8, 4) is 17.1 Å². The van der Waals surface area contributed by atoms with Crippen molar-refractivity contribution >= 4 is 22.6 Å². The van der Waals surface area contributed by atoms with Crippen LogP contribution >= 0.6 is 0 Å². The lowest BCUT2D eigenvalue weighted by Gasteiger charge is -2.09. The van der Waals surface area contributed by atoms with E-state index in [0.717, 1.165) is 16.6 Å². The van der Waals surface area contributed by atoms with Gasteiger partial charge in [0.2, 0.25) is 5.88 Å². The Morgan fingerprint density at radius 3 is 2.61 bits per heavy atom. The molecule has 0 atom stereocenters. The topological polar surface area (TPSA) is 81.9 Å². The average Bonchev–Trinajstić information content (AvgIpc) is 3.02. The van der Waals surface area contributed by atoms with Crippen molar-refractivity contribution < 1.29 is 9.53 Å². The van der Waals surface area contributed by atoms with Gasteiger partial charge in [-0.1, -0.05) is 30.3 Å². The molecule has 0 aliphatic carbocycles. The maximum absolute atomic E-state index is 13.1. The van der Waals surface area contributed by atoms with Crippen LogP contribution in [0.2, 0.25) is 0 Å². The second kappa shape index (κ2) is 7.11. The van der Waals surface area contributed by atoms with E-state index in [1.54, 1.807) is 36.2 Å². The fraction of sp³-hybridized carbons (Fsp3) is 0.143. The molecule has 0 unspecified atom stereocenters. The van der Waals surface area contributed by atoms with Gasteiger partial charge in [-0.25, -0.2) is 9.97 Å². The summed E-state index contributed by atoms with van der Waals surface area (Å²) in [5.74, 6) is 0.242. The molecule has 7 nitrogen and oxygen atoms in total. The van der Waals surface area contributed by atoms with Crippen LogP contribution in [0.25, 0.3) is 22.3 Å². The van der Waals surface area contributed by atoms with Crippen LogP contribution in [-0.4, -0.2) is 32.8 Å². The molecule has 1 aromatic carbocycles. The Balaban J connectivity index is 1.80. The summed E-state index contributed by atoms with van der Waals surface area (Å²) in [6, 6.07) is 15.0. The monoisotopic (exact) mass is 373 g/mol. The molecule has 0 saturated carbocycles. The third-order valence-electron chi connectivity index (χ3n) is 4.49. The van der Waals surface area contributed by atoms with Crippen molar-refractivity contribution in [3.05, 3.63) is 66.0 Å². The van der Waals surface area contributed by atoms with Gasteiger partial charge in [0.05, 0.1) is 41.3 Å². The van der Waals surface area contributed by atoms with Crippen molar-refractivity contribution in [3.63, 3.8) is 0 Å². The summed E-state index contributed by atoms with van der Waals surface area (Å²) in [6.07, 6.45) is 1.56. The highest BCUT2D eigenvalue weighted by Crippen LogP contribution is 2.27. The van der Waals surface area contributed by atoms with Gasteiger partial charge in [0.1, 0.15) is 0 Å². The Morgan fingerprint density at radius 2 is 1.93 bits per heavy atom. The maximum atomic E-state index is 13.1. The summed E-state index contributed by atoms with van der Waals surface area (Å²) in [5, 5.41) is 8.08. The Bertz CT molecular complexity index is 1150. The van der Waals surface area contributed by atoms with Gasteiger partial charge in [-0.05, 0) is 19.1 Å². The molecule has 0 spiro atoms. The summed E-state index contributed by atoms with van der Waals surface area (Å²) in [6.45, 7) is 1.87. The molecule has 0 saturated heterocycles. The molecule has 1 N–H and O–H groups in total. The lowest BCUT2D eigenvalue weighted by molar-refractivity contribution is 0.102. The smallest absolute Gasteiger partial charge is 0.256 e. The number of nitrogens with zero attached hydrogens (tertiary/aromatic N) is 4. The lowest BCUT2D eigenvalue weighted by Crippen LogP contribution is -2.13. The van der Waals surface area contributed by atoms with Gasteiger partial charge in [0.25, 0.3) is 5.91 Å². The molecular formula is C21H19N5O2. The van der Waals surface area contributed by atoms with Crippen molar-refractivity contribution in [1.82, 2.24) is 19.7 Å².